The topological polar surface area (TPSA) is 66.5 Å². The van der Waals surface area contributed by atoms with Gasteiger partial charge in [0.1, 0.15) is 12.1 Å². The minimum atomic E-state index is -0.878. The van der Waals surface area contributed by atoms with Crippen LogP contribution in [0, 0.1) is 5.92 Å². The summed E-state index contributed by atoms with van der Waals surface area (Å²) < 4.78 is 11.2. The SMILES string of the molecule is CC(C)C1NC(=O)C(C)N(C(C)CCS(C)=O)C1=O. The molecule has 6 heteroatoms. The van der Waals surface area contributed by atoms with E-state index in [0.717, 1.165) is 0 Å². The number of amides is 2. The van der Waals surface area contributed by atoms with Gasteiger partial charge in [0.15, 0.2) is 0 Å². The van der Waals surface area contributed by atoms with Crippen LogP contribution in [0.15, 0.2) is 0 Å². The molecule has 0 aromatic rings. The summed E-state index contributed by atoms with van der Waals surface area (Å²) in [6, 6.07) is -0.972. The van der Waals surface area contributed by atoms with E-state index in [1.807, 2.05) is 20.8 Å². The number of hydrogen-bond acceptors (Lipinski definition) is 3. The van der Waals surface area contributed by atoms with Crippen LogP contribution in [0.3, 0.4) is 0 Å². The molecule has 1 rings (SSSR count). The zero-order valence-electron chi connectivity index (χ0n) is 12.3. The normalized spacial score (nSPS) is 27.4. The van der Waals surface area contributed by atoms with Gasteiger partial charge in [-0.15, -0.1) is 0 Å². The third-order valence-electron chi connectivity index (χ3n) is 3.58. The van der Waals surface area contributed by atoms with E-state index in [1.165, 1.54) is 0 Å². The third kappa shape index (κ3) is 3.78. The summed E-state index contributed by atoms with van der Waals surface area (Å²) in [6.45, 7) is 7.49. The van der Waals surface area contributed by atoms with E-state index in [9.17, 15) is 13.8 Å². The molecule has 2 amide bonds. The predicted octanol–water partition coefficient (Wildman–Crippen LogP) is 0.515. The molecular formula is C13H24N2O3S. The second kappa shape index (κ2) is 6.50. The fourth-order valence-electron chi connectivity index (χ4n) is 2.34. The largest absolute Gasteiger partial charge is 0.342 e. The summed E-state index contributed by atoms with van der Waals surface area (Å²) in [4.78, 5) is 26.0. The maximum Gasteiger partial charge on any atom is 0.246 e. The van der Waals surface area contributed by atoms with Crippen molar-refractivity contribution in [2.75, 3.05) is 12.0 Å². The Hall–Kier alpha value is -0.910. The van der Waals surface area contributed by atoms with Crippen molar-refractivity contribution in [2.45, 2.75) is 52.2 Å². The number of rotatable bonds is 5. The quantitative estimate of drug-likeness (QED) is 0.802. The minimum Gasteiger partial charge on any atom is -0.342 e. The van der Waals surface area contributed by atoms with E-state index in [4.69, 9.17) is 0 Å². The molecule has 1 aliphatic rings. The van der Waals surface area contributed by atoms with Gasteiger partial charge in [-0.05, 0) is 26.2 Å². The maximum atomic E-state index is 12.4. The molecule has 4 atom stereocenters. The van der Waals surface area contributed by atoms with Crippen LogP contribution < -0.4 is 5.32 Å². The molecule has 1 aliphatic heterocycles. The van der Waals surface area contributed by atoms with Gasteiger partial charge in [0, 0.05) is 28.9 Å². The van der Waals surface area contributed by atoms with Crippen molar-refractivity contribution in [3.05, 3.63) is 0 Å². The highest BCUT2D eigenvalue weighted by atomic mass is 32.2. The molecule has 0 aromatic heterocycles. The van der Waals surface area contributed by atoms with Crippen molar-refractivity contribution in [2.24, 2.45) is 5.92 Å². The van der Waals surface area contributed by atoms with Gasteiger partial charge >= 0.3 is 0 Å². The molecule has 1 N–H and O–H groups in total. The molecule has 4 unspecified atom stereocenters. The van der Waals surface area contributed by atoms with Crippen LogP contribution in [-0.2, 0) is 20.4 Å². The molecule has 0 spiro atoms. The zero-order chi connectivity index (χ0) is 14.7. The molecule has 1 fully saturated rings. The number of carbonyl (C=O) groups is 2. The van der Waals surface area contributed by atoms with E-state index < -0.39 is 22.9 Å². The second-order valence-electron chi connectivity index (χ2n) is 5.57. The van der Waals surface area contributed by atoms with Crippen LogP contribution >= 0.6 is 0 Å². The first-order chi connectivity index (χ1) is 8.75. The highest BCUT2D eigenvalue weighted by Gasteiger charge is 2.41. The number of nitrogens with zero attached hydrogens (tertiary/aromatic N) is 1. The summed E-state index contributed by atoms with van der Waals surface area (Å²) in [6.07, 6.45) is 2.30. The Bertz CT molecular complexity index is 384. The average molecular weight is 288 g/mol. The summed E-state index contributed by atoms with van der Waals surface area (Å²) in [5.41, 5.74) is 0. The highest BCUT2D eigenvalue weighted by molar-refractivity contribution is 7.84. The summed E-state index contributed by atoms with van der Waals surface area (Å²) in [7, 11) is -0.878. The van der Waals surface area contributed by atoms with E-state index >= 15 is 0 Å². The van der Waals surface area contributed by atoms with Crippen LogP contribution in [0.1, 0.15) is 34.1 Å². The molecule has 1 heterocycles. The Morgan fingerprint density at radius 1 is 1.32 bits per heavy atom. The van der Waals surface area contributed by atoms with E-state index in [2.05, 4.69) is 5.32 Å². The van der Waals surface area contributed by atoms with Crippen LogP contribution in [0.5, 0.6) is 0 Å². The third-order valence-corrected chi connectivity index (χ3v) is 4.39. The minimum absolute atomic E-state index is 0.0310. The van der Waals surface area contributed by atoms with E-state index in [1.54, 1.807) is 18.1 Å². The lowest BCUT2D eigenvalue weighted by Gasteiger charge is -2.42. The van der Waals surface area contributed by atoms with E-state index in [-0.39, 0.29) is 23.8 Å². The Balaban J connectivity index is 2.85. The monoisotopic (exact) mass is 288 g/mol. The average Bonchev–Trinajstić information content (AvgIpc) is 2.31. The molecule has 0 aliphatic carbocycles. The number of carbonyl (C=O) groups excluding carboxylic acids is 2. The lowest BCUT2D eigenvalue weighted by Crippen LogP contribution is -2.65. The summed E-state index contributed by atoms with van der Waals surface area (Å²) in [5.74, 6) is 0.476. The van der Waals surface area contributed by atoms with Crippen LogP contribution in [0.4, 0.5) is 0 Å². The molecule has 1 saturated heterocycles. The Labute approximate surface area is 117 Å². The Kier molecular flexibility index (Phi) is 5.52. The van der Waals surface area contributed by atoms with Crippen molar-refractivity contribution in [3.63, 3.8) is 0 Å². The first-order valence-electron chi connectivity index (χ1n) is 6.68. The fourth-order valence-corrected chi connectivity index (χ4v) is 3.01. The van der Waals surface area contributed by atoms with Gasteiger partial charge in [0.25, 0.3) is 0 Å². The zero-order valence-corrected chi connectivity index (χ0v) is 13.1. The van der Waals surface area contributed by atoms with Gasteiger partial charge < -0.3 is 10.2 Å². The first-order valence-corrected chi connectivity index (χ1v) is 8.41. The molecule has 0 bridgehead atoms. The highest BCUT2D eigenvalue weighted by Crippen LogP contribution is 2.19. The first kappa shape index (κ1) is 16.1. The van der Waals surface area contributed by atoms with Crippen LogP contribution in [0.25, 0.3) is 0 Å². The maximum absolute atomic E-state index is 12.4. The van der Waals surface area contributed by atoms with Crippen molar-refractivity contribution in [1.29, 1.82) is 0 Å². The van der Waals surface area contributed by atoms with Gasteiger partial charge in [-0.25, -0.2) is 0 Å². The Morgan fingerprint density at radius 3 is 2.37 bits per heavy atom. The van der Waals surface area contributed by atoms with Gasteiger partial charge in [-0.1, -0.05) is 13.8 Å². The number of piperazine rings is 1. The van der Waals surface area contributed by atoms with Crippen molar-refractivity contribution in [1.82, 2.24) is 10.2 Å². The molecule has 0 aromatic carbocycles. The van der Waals surface area contributed by atoms with Crippen LogP contribution in [0.2, 0.25) is 0 Å². The van der Waals surface area contributed by atoms with Gasteiger partial charge in [0.05, 0.1) is 0 Å². The molecule has 19 heavy (non-hydrogen) atoms. The summed E-state index contributed by atoms with van der Waals surface area (Å²) >= 11 is 0. The van der Waals surface area contributed by atoms with Crippen molar-refractivity contribution >= 4 is 22.6 Å². The standard InChI is InChI=1S/C13H24N2O3S/c1-8(2)11-13(17)15(10(4)12(16)14-11)9(3)6-7-19(5)18/h8-11H,6-7H2,1-5H3,(H,14,16). The molecule has 110 valence electrons. The number of nitrogens with one attached hydrogen (secondary N) is 1. The summed E-state index contributed by atoms with van der Waals surface area (Å²) in [5, 5.41) is 2.77. The molecule has 0 saturated carbocycles. The smallest absolute Gasteiger partial charge is 0.246 e. The van der Waals surface area contributed by atoms with Gasteiger partial charge in [-0.2, -0.15) is 0 Å². The van der Waals surface area contributed by atoms with Crippen molar-refractivity contribution in [3.8, 4) is 0 Å². The predicted molar refractivity (Wildman–Crippen MR) is 76.1 cm³/mol. The number of hydrogen-bond donors (Lipinski definition) is 1. The fraction of sp³-hybridized carbons (Fsp3) is 0.846. The Morgan fingerprint density at radius 2 is 1.89 bits per heavy atom. The molecular weight excluding hydrogens is 264 g/mol. The van der Waals surface area contributed by atoms with E-state index in [0.29, 0.717) is 12.2 Å². The van der Waals surface area contributed by atoms with Gasteiger partial charge in [0.2, 0.25) is 11.8 Å². The van der Waals surface area contributed by atoms with Gasteiger partial charge in [-0.3, -0.25) is 13.8 Å². The second-order valence-corrected chi connectivity index (χ2v) is 7.12. The van der Waals surface area contributed by atoms with Crippen LogP contribution in [-0.4, -0.2) is 51.1 Å². The lowest BCUT2D eigenvalue weighted by molar-refractivity contribution is -0.152. The molecule has 5 nitrogen and oxygen atoms in total. The molecule has 0 radical (unpaired) electrons. The van der Waals surface area contributed by atoms with Crippen molar-refractivity contribution < 1.29 is 13.8 Å². The lowest BCUT2D eigenvalue weighted by atomic mass is 9.96.